The third-order valence-electron chi connectivity index (χ3n) is 3.95. The zero-order valence-electron chi connectivity index (χ0n) is 12.1. The molecule has 0 aliphatic carbocycles. The van der Waals surface area contributed by atoms with Crippen molar-refractivity contribution < 1.29 is 4.79 Å². The summed E-state index contributed by atoms with van der Waals surface area (Å²) in [4.78, 5) is 12.3. The third-order valence-corrected chi connectivity index (χ3v) is 3.95. The smallest absolute Gasteiger partial charge is 0.237 e. The molecule has 3 nitrogen and oxygen atoms in total. The predicted molar refractivity (Wildman–Crippen MR) is 77.9 cm³/mol. The molecule has 0 saturated carbocycles. The zero-order valence-corrected chi connectivity index (χ0v) is 12.1. The van der Waals surface area contributed by atoms with Crippen LogP contribution in [0.25, 0.3) is 0 Å². The molecule has 104 valence electrons. The first-order chi connectivity index (χ1) is 9.08. The highest BCUT2D eigenvalue weighted by Crippen LogP contribution is 2.18. The van der Waals surface area contributed by atoms with E-state index in [1.165, 1.54) is 12.0 Å². The lowest BCUT2D eigenvalue weighted by molar-refractivity contribution is -0.125. The molecule has 19 heavy (non-hydrogen) atoms. The van der Waals surface area contributed by atoms with Gasteiger partial charge in [-0.15, -0.1) is 0 Å². The zero-order chi connectivity index (χ0) is 13.8. The van der Waals surface area contributed by atoms with E-state index < -0.39 is 0 Å². The summed E-state index contributed by atoms with van der Waals surface area (Å²) in [5.74, 6) is 0.541. The van der Waals surface area contributed by atoms with E-state index in [4.69, 9.17) is 0 Å². The summed E-state index contributed by atoms with van der Waals surface area (Å²) in [6.45, 7) is 7.21. The van der Waals surface area contributed by atoms with Gasteiger partial charge in [0.15, 0.2) is 0 Å². The summed E-state index contributed by atoms with van der Waals surface area (Å²) < 4.78 is 0. The number of piperidine rings is 1. The number of aryl methyl sites for hydroxylation is 1. The van der Waals surface area contributed by atoms with E-state index in [0.29, 0.717) is 5.92 Å². The number of benzene rings is 1. The fourth-order valence-corrected chi connectivity index (χ4v) is 2.73. The minimum absolute atomic E-state index is 0.0407. The van der Waals surface area contributed by atoms with Crippen molar-refractivity contribution in [1.29, 1.82) is 0 Å². The van der Waals surface area contributed by atoms with Crippen LogP contribution in [0.1, 0.15) is 43.9 Å². The molecule has 1 aliphatic heterocycles. The van der Waals surface area contributed by atoms with Gasteiger partial charge in [0.25, 0.3) is 0 Å². The first-order valence-electron chi connectivity index (χ1n) is 7.18. The van der Waals surface area contributed by atoms with Crippen LogP contribution in [-0.2, 0) is 4.79 Å². The molecule has 0 spiro atoms. The van der Waals surface area contributed by atoms with Gasteiger partial charge in [0.1, 0.15) is 0 Å². The number of amides is 1. The van der Waals surface area contributed by atoms with Gasteiger partial charge in [-0.05, 0) is 44.7 Å². The van der Waals surface area contributed by atoms with Crippen LogP contribution in [0.5, 0.6) is 0 Å². The Hall–Kier alpha value is -1.35. The van der Waals surface area contributed by atoms with Crippen LogP contribution in [0.3, 0.4) is 0 Å². The van der Waals surface area contributed by atoms with Crippen LogP contribution in [0, 0.1) is 12.8 Å². The van der Waals surface area contributed by atoms with Gasteiger partial charge >= 0.3 is 0 Å². The van der Waals surface area contributed by atoms with Crippen molar-refractivity contribution in [3.8, 4) is 0 Å². The van der Waals surface area contributed by atoms with Crippen LogP contribution >= 0.6 is 0 Å². The number of hydrogen-bond donors (Lipinski definition) is 2. The Labute approximate surface area is 115 Å². The third kappa shape index (κ3) is 3.57. The molecule has 2 N–H and O–H groups in total. The Morgan fingerprint density at radius 2 is 2.26 bits per heavy atom. The van der Waals surface area contributed by atoms with Gasteiger partial charge in [0.2, 0.25) is 5.91 Å². The largest absolute Gasteiger partial charge is 0.348 e. The Kier molecular flexibility index (Phi) is 4.59. The van der Waals surface area contributed by atoms with Gasteiger partial charge in [0, 0.05) is 0 Å². The van der Waals surface area contributed by atoms with Crippen molar-refractivity contribution in [2.75, 3.05) is 6.54 Å². The molecule has 2 unspecified atom stereocenters. The van der Waals surface area contributed by atoms with Gasteiger partial charge in [-0.1, -0.05) is 36.8 Å². The van der Waals surface area contributed by atoms with E-state index in [0.717, 1.165) is 18.5 Å². The maximum absolute atomic E-state index is 12.3. The van der Waals surface area contributed by atoms with Crippen molar-refractivity contribution in [1.82, 2.24) is 10.6 Å². The molecule has 1 aromatic rings. The molecule has 3 atom stereocenters. The summed E-state index contributed by atoms with van der Waals surface area (Å²) in [5.41, 5.74) is 2.39. The molecule has 0 aromatic heterocycles. The average molecular weight is 260 g/mol. The van der Waals surface area contributed by atoms with E-state index in [-0.39, 0.29) is 18.0 Å². The van der Waals surface area contributed by atoms with Crippen molar-refractivity contribution in [3.63, 3.8) is 0 Å². The highest BCUT2D eigenvalue weighted by molar-refractivity contribution is 5.82. The predicted octanol–water partition coefficient (Wildman–Crippen LogP) is 2.56. The Morgan fingerprint density at radius 3 is 2.95 bits per heavy atom. The fourth-order valence-electron chi connectivity index (χ4n) is 2.73. The molecule has 2 rings (SSSR count). The number of nitrogens with one attached hydrogen (secondary N) is 2. The SMILES string of the molecule is Cc1cccc([C@@H](C)NC(=O)C2NCCCC2C)c1. The first-order valence-corrected chi connectivity index (χ1v) is 7.18. The van der Waals surface area contributed by atoms with Crippen molar-refractivity contribution in [2.45, 2.75) is 45.7 Å². The molecular weight excluding hydrogens is 236 g/mol. The number of rotatable bonds is 3. The summed E-state index contributed by atoms with van der Waals surface area (Å²) in [6, 6.07) is 8.32. The van der Waals surface area contributed by atoms with Crippen LogP contribution < -0.4 is 10.6 Å². The maximum atomic E-state index is 12.3. The molecule has 3 heteroatoms. The quantitative estimate of drug-likeness (QED) is 0.877. The lowest BCUT2D eigenvalue weighted by Crippen LogP contribution is -2.51. The summed E-state index contributed by atoms with van der Waals surface area (Å²) in [5, 5.41) is 6.45. The molecular formula is C16H24N2O. The molecule has 1 saturated heterocycles. The van der Waals surface area contributed by atoms with E-state index >= 15 is 0 Å². The summed E-state index contributed by atoms with van der Waals surface area (Å²) in [6.07, 6.45) is 2.29. The van der Waals surface area contributed by atoms with Crippen LogP contribution in [0.15, 0.2) is 24.3 Å². The first kappa shape index (κ1) is 14.1. The van der Waals surface area contributed by atoms with E-state index in [1.807, 2.05) is 13.0 Å². The van der Waals surface area contributed by atoms with Gasteiger partial charge in [-0.2, -0.15) is 0 Å². The Balaban J connectivity index is 1.98. The number of hydrogen-bond acceptors (Lipinski definition) is 2. The highest BCUT2D eigenvalue weighted by Gasteiger charge is 2.28. The molecule has 1 heterocycles. The van der Waals surface area contributed by atoms with Crippen LogP contribution in [-0.4, -0.2) is 18.5 Å². The summed E-state index contributed by atoms with van der Waals surface area (Å²) >= 11 is 0. The fraction of sp³-hybridized carbons (Fsp3) is 0.562. The topological polar surface area (TPSA) is 41.1 Å². The molecule has 1 amide bonds. The van der Waals surface area contributed by atoms with Crippen molar-refractivity contribution >= 4 is 5.91 Å². The normalized spacial score (nSPS) is 24.8. The van der Waals surface area contributed by atoms with Crippen LogP contribution in [0.4, 0.5) is 0 Å². The second-order valence-corrected chi connectivity index (χ2v) is 5.70. The minimum atomic E-state index is -0.0407. The maximum Gasteiger partial charge on any atom is 0.237 e. The average Bonchev–Trinajstić information content (AvgIpc) is 2.39. The van der Waals surface area contributed by atoms with E-state index in [9.17, 15) is 4.79 Å². The second-order valence-electron chi connectivity index (χ2n) is 5.70. The van der Waals surface area contributed by atoms with Crippen LogP contribution in [0.2, 0.25) is 0 Å². The Morgan fingerprint density at radius 1 is 1.47 bits per heavy atom. The monoisotopic (exact) mass is 260 g/mol. The van der Waals surface area contributed by atoms with E-state index in [2.05, 4.69) is 42.7 Å². The number of carbonyl (C=O) groups excluding carboxylic acids is 1. The number of carbonyl (C=O) groups is 1. The van der Waals surface area contributed by atoms with Gasteiger partial charge in [0.05, 0.1) is 12.1 Å². The Bertz CT molecular complexity index is 444. The molecule has 1 aromatic carbocycles. The van der Waals surface area contributed by atoms with Gasteiger partial charge < -0.3 is 10.6 Å². The second kappa shape index (κ2) is 6.20. The lowest BCUT2D eigenvalue weighted by atomic mass is 9.92. The standard InChI is InChI=1S/C16H24N2O/c1-11-6-4-8-14(10-11)13(3)18-16(19)15-12(2)7-5-9-17-15/h4,6,8,10,12-13,15,17H,5,7,9H2,1-3H3,(H,18,19)/t12?,13-,15?/m1/s1. The molecule has 0 bridgehead atoms. The molecule has 0 radical (unpaired) electrons. The van der Waals surface area contributed by atoms with Gasteiger partial charge in [-0.3, -0.25) is 4.79 Å². The van der Waals surface area contributed by atoms with E-state index in [1.54, 1.807) is 0 Å². The molecule has 1 fully saturated rings. The molecule has 1 aliphatic rings. The highest BCUT2D eigenvalue weighted by atomic mass is 16.2. The summed E-state index contributed by atoms with van der Waals surface area (Å²) in [7, 11) is 0. The lowest BCUT2D eigenvalue weighted by Gasteiger charge is -2.30. The van der Waals surface area contributed by atoms with Crippen molar-refractivity contribution in [2.24, 2.45) is 5.92 Å². The minimum Gasteiger partial charge on any atom is -0.348 e. The van der Waals surface area contributed by atoms with Gasteiger partial charge in [-0.25, -0.2) is 0 Å². The van der Waals surface area contributed by atoms with Crippen molar-refractivity contribution in [3.05, 3.63) is 35.4 Å².